The van der Waals surface area contributed by atoms with Gasteiger partial charge in [0.25, 0.3) is 5.69 Å². The number of halogens is 1. The van der Waals surface area contributed by atoms with Crippen LogP contribution in [0.4, 0.5) is 5.69 Å². The molecule has 2 rings (SSSR count). The average molecular weight is 339 g/mol. The summed E-state index contributed by atoms with van der Waals surface area (Å²) in [5.41, 5.74) is -0.382. The Hall–Kier alpha value is -2.63. The van der Waals surface area contributed by atoms with Crippen LogP contribution in [-0.4, -0.2) is 13.3 Å². The van der Waals surface area contributed by atoms with Gasteiger partial charge in [0.15, 0.2) is 10.6 Å². The molecule has 7 nitrogen and oxygen atoms in total. The number of nitrogens with zero attached hydrogens (tertiary/aromatic N) is 2. The molecule has 0 aliphatic rings. The highest BCUT2D eigenvalue weighted by atomic mass is 35.5. The average Bonchev–Trinajstić information content (AvgIpc) is 2.49. The highest BCUT2D eigenvalue weighted by Gasteiger charge is 2.27. The van der Waals surface area contributed by atoms with Crippen molar-refractivity contribution in [3.8, 4) is 11.8 Å². The molecule has 0 radical (unpaired) electrons. The quantitative estimate of drug-likeness (QED) is 0.481. The molecule has 0 saturated heterocycles. The summed E-state index contributed by atoms with van der Waals surface area (Å²) in [5.74, 6) is -0.223. The molecule has 0 heterocycles. The van der Waals surface area contributed by atoms with Gasteiger partial charge in [0.2, 0.25) is 0 Å². The Kier molecular flexibility index (Phi) is 4.30. The smallest absolute Gasteiger partial charge is 0.346 e. The molecule has 0 atom stereocenters. The minimum Gasteiger partial charge on any atom is -0.377 e. The van der Waals surface area contributed by atoms with E-state index in [9.17, 15) is 18.5 Å². The van der Waals surface area contributed by atoms with Crippen molar-refractivity contribution in [3.05, 3.63) is 63.2 Å². The maximum Gasteiger partial charge on any atom is 0.346 e. The van der Waals surface area contributed by atoms with Crippen LogP contribution < -0.4 is 4.18 Å². The lowest BCUT2D eigenvalue weighted by Crippen LogP contribution is -2.12. The zero-order valence-electron chi connectivity index (χ0n) is 10.8. The Bertz CT molecular complexity index is 890. The van der Waals surface area contributed by atoms with Crippen LogP contribution in [0.15, 0.2) is 47.4 Å². The van der Waals surface area contributed by atoms with Gasteiger partial charge in [0, 0.05) is 6.07 Å². The lowest BCUT2D eigenvalue weighted by atomic mass is 10.2. The molecular formula is C13H7ClN2O5S. The molecule has 0 saturated carbocycles. The standard InChI is InChI=1S/C13H7ClN2O5S/c14-10-7-9(8-15)5-6-12(10)21-22(19,20)13-4-2-1-3-11(13)16(17)18/h1-7H. The zero-order valence-corrected chi connectivity index (χ0v) is 12.3. The lowest BCUT2D eigenvalue weighted by Gasteiger charge is -2.08. The van der Waals surface area contributed by atoms with E-state index in [-0.39, 0.29) is 16.3 Å². The van der Waals surface area contributed by atoms with Gasteiger partial charge < -0.3 is 4.18 Å². The van der Waals surface area contributed by atoms with Crippen molar-refractivity contribution < 1.29 is 17.5 Å². The van der Waals surface area contributed by atoms with Gasteiger partial charge >= 0.3 is 10.1 Å². The van der Waals surface area contributed by atoms with Gasteiger partial charge in [-0.15, -0.1) is 0 Å². The van der Waals surface area contributed by atoms with Crippen LogP contribution >= 0.6 is 11.6 Å². The van der Waals surface area contributed by atoms with E-state index in [1.54, 1.807) is 0 Å². The molecule has 0 aliphatic heterocycles. The van der Waals surface area contributed by atoms with Crippen molar-refractivity contribution in [2.75, 3.05) is 0 Å². The minimum absolute atomic E-state index is 0.0961. The molecule has 0 unspecified atom stereocenters. The molecule has 0 amide bonds. The topological polar surface area (TPSA) is 110 Å². The van der Waals surface area contributed by atoms with E-state index in [2.05, 4.69) is 0 Å². The maximum atomic E-state index is 12.2. The first-order valence-corrected chi connectivity index (χ1v) is 7.51. The molecule has 0 aliphatic carbocycles. The van der Waals surface area contributed by atoms with Crippen molar-refractivity contribution in [1.82, 2.24) is 0 Å². The van der Waals surface area contributed by atoms with Crippen LogP contribution in [0, 0.1) is 21.4 Å². The molecule has 0 fully saturated rings. The van der Waals surface area contributed by atoms with E-state index in [0.29, 0.717) is 0 Å². The number of rotatable bonds is 4. The van der Waals surface area contributed by atoms with Crippen molar-refractivity contribution in [2.24, 2.45) is 0 Å². The van der Waals surface area contributed by atoms with E-state index < -0.39 is 25.6 Å². The Morgan fingerprint density at radius 3 is 2.50 bits per heavy atom. The van der Waals surface area contributed by atoms with Gasteiger partial charge in [-0.25, -0.2) is 0 Å². The number of benzene rings is 2. The molecule has 2 aromatic rings. The number of hydrogen-bond acceptors (Lipinski definition) is 6. The second-order valence-electron chi connectivity index (χ2n) is 4.02. The van der Waals surface area contributed by atoms with Crippen molar-refractivity contribution in [1.29, 1.82) is 5.26 Å². The molecule has 22 heavy (non-hydrogen) atoms. The third-order valence-corrected chi connectivity index (χ3v) is 4.17. The molecular weight excluding hydrogens is 332 g/mol. The first-order chi connectivity index (χ1) is 10.3. The summed E-state index contributed by atoms with van der Waals surface area (Å²) in [4.78, 5) is 9.49. The summed E-state index contributed by atoms with van der Waals surface area (Å²) in [5, 5.41) is 19.5. The van der Waals surface area contributed by atoms with Crippen LogP contribution in [0.5, 0.6) is 5.75 Å². The summed E-state index contributed by atoms with van der Waals surface area (Å²) >= 11 is 5.83. The zero-order chi connectivity index (χ0) is 16.3. The Morgan fingerprint density at radius 1 is 1.23 bits per heavy atom. The van der Waals surface area contributed by atoms with Crippen molar-refractivity contribution in [2.45, 2.75) is 4.90 Å². The molecule has 112 valence electrons. The first kappa shape index (κ1) is 15.8. The van der Waals surface area contributed by atoms with E-state index >= 15 is 0 Å². The van der Waals surface area contributed by atoms with Gasteiger partial charge in [0.05, 0.1) is 21.6 Å². The van der Waals surface area contributed by atoms with Gasteiger partial charge in [-0.3, -0.25) is 10.1 Å². The molecule has 9 heteroatoms. The van der Waals surface area contributed by atoms with Crippen LogP contribution in [0.1, 0.15) is 5.56 Å². The van der Waals surface area contributed by atoms with Gasteiger partial charge in [0.1, 0.15) is 0 Å². The molecule has 0 N–H and O–H groups in total. The van der Waals surface area contributed by atoms with Crippen LogP contribution in [0.2, 0.25) is 5.02 Å². The normalized spacial score (nSPS) is 10.7. The summed E-state index contributed by atoms with van der Waals surface area (Å²) in [6.07, 6.45) is 0. The Balaban J connectivity index is 2.45. The summed E-state index contributed by atoms with van der Waals surface area (Å²) in [7, 11) is -4.44. The third-order valence-electron chi connectivity index (χ3n) is 2.59. The summed E-state index contributed by atoms with van der Waals surface area (Å²) < 4.78 is 29.2. The number of nitro groups is 1. The molecule has 0 aromatic heterocycles. The largest absolute Gasteiger partial charge is 0.377 e. The summed E-state index contributed by atoms with van der Waals surface area (Å²) in [6.45, 7) is 0. The van der Waals surface area contributed by atoms with Crippen LogP contribution in [0.25, 0.3) is 0 Å². The van der Waals surface area contributed by atoms with Crippen molar-refractivity contribution >= 4 is 27.4 Å². The monoisotopic (exact) mass is 338 g/mol. The van der Waals surface area contributed by atoms with E-state index in [1.807, 2.05) is 6.07 Å². The summed E-state index contributed by atoms with van der Waals surface area (Å²) in [6, 6.07) is 10.4. The number of nitro benzene ring substituents is 1. The minimum atomic E-state index is -4.44. The van der Waals surface area contributed by atoms with Crippen molar-refractivity contribution in [3.63, 3.8) is 0 Å². The second-order valence-corrected chi connectivity index (χ2v) is 5.94. The number of nitriles is 1. The fourth-order valence-electron chi connectivity index (χ4n) is 1.62. The van der Waals surface area contributed by atoms with E-state index in [4.69, 9.17) is 21.0 Å². The highest BCUT2D eigenvalue weighted by Crippen LogP contribution is 2.31. The lowest BCUT2D eigenvalue weighted by molar-refractivity contribution is -0.387. The fourth-order valence-corrected chi connectivity index (χ4v) is 3.00. The van der Waals surface area contributed by atoms with Crippen LogP contribution in [0.3, 0.4) is 0 Å². The Morgan fingerprint density at radius 2 is 1.91 bits per heavy atom. The predicted octanol–water partition coefficient (Wildman–Crippen LogP) is 2.89. The Labute approximate surface area is 130 Å². The molecule has 2 aromatic carbocycles. The van der Waals surface area contributed by atoms with Gasteiger partial charge in [-0.2, -0.15) is 13.7 Å². The van der Waals surface area contributed by atoms with Gasteiger partial charge in [-0.05, 0) is 24.3 Å². The second kappa shape index (κ2) is 6.01. The van der Waals surface area contributed by atoms with E-state index in [0.717, 1.165) is 12.1 Å². The van der Waals surface area contributed by atoms with Crippen LogP contribution in [-0.2, 0) is 10.1 Å². The SMILES string of the molecule is N#Cc1ccc(OS(=O)(=O)c2ccccc2[N+](=O)[O-])c(Cl)c1. The highest BCUT2D eigenvalue weighted by molar-refractivity contribution is 7.87. The van der Waals surface area contributed by atoms with Gasteiger partial charge in [-0.1, -0.05) is 23.7 Å². The molecule has 0 bridgehead atoms. The predicted molar refractivity (Wildman–Crippen MR) is 77.1 cm³/mol. The first-order valence-electron chi connectivity index (χ1n) is 5.72. The molecule has 0 spiro atoms. The fraction of sp³-hybridized carbons (Fsp3) is 0. The number of hydrogen-bond donors (Lipinski definition) is 0. The maximum absolute atomic E-state index is 12.2. The van der Waals surface area contributed by atoms with E-state index in [1.165, 1.54) is 30.3 Å². The number of para-hydroxylation sites is 1. The third kappa shape index (κ3) is 3.16.